The summed E-state index contributed by atoms with van der Waals surface area (Å²) in [5, 5.41) is 0. The van der Waals surface area contributed by atoms with Gasteiger partial charge in [-0.1, -0.05) is 0 Å². The predicted octanol–water partition coefficient (Wildman–Crippen LogP) is 0.431. The van der Waals surface area contributed by atoms with Gasteiger partial charge in [0.15, 0.2) is 0 Å². The van der Waals surface area contributed by atoms with Gasteiger partial charge in [0.1, 0.15) is 0 Å². The van der Waals surface area contributed by atoms with Crippen molar-refractivity contribution >= 4 is 24.0 Å². The maximum absolute atomic E-state index is 5.30. The van der Waals surface area contributed by atoms with Crippen LogP contribution in [0.25, 0.3) is 0 Å². The SMILES string of the molecule is C[N+](C)(C)CCN.I.N. The predicted molar refractivity (Wildman–Crippen MR) is 52.4 cm³/mol. The van der Waals surface area contributed by atoms with Crippen LogP contribution in [0.4, 0.5) is 0 Å². The lowest BCUT2D eigenvalue weighted by atomic mass is 10.5. The van der Waals surface area contributed by atoms with E-state index in [1.165, 1.54) is 0 Å². The van der Waals surface area contributed by atoms with E-state index in [-0.39, 0.29) is 30.1 Å². The first-order valence-electron chi connectivity index (χ1n) is 2.57. The van der Waals surface area contributed by atoms with Gasteiger partial charge in [0, 0.05) is 6.54 Å². The Balaban J connectivity index is -0.000000180. The van der Waals surface area contributed by atoms with E-state index < -0.39 is 0 Å². The highest BCUT2D eigenvalue weighted by Crippen LogP contribution is 1.83. The molecule has 0 heterocycles. The normalized spacial score (nSPS) is 9.33. The number of rotatable bonds is 2. The smallest absolute Gasteiger partial charge is 0.0905 e. The van der Waals surface area contributed by atoms with Crippen LogP contribution >= 0.6 is 24.0 Å². The summed E-state index contributed by atoms with van der Waals surface area (Å²) < 4.78 is 0.969. The second-order valence-corrected chi connectivity index (χ2v) is 2.80. The van der Waals surface area contributed by atoms with Gasteiger partial charge < -0.3 is 16.4 Å². The second kappa shape index (κ2) is 6.73. The zero-order valence-electron chi connectivity index (χ0n) is 6.55. The number of nitrogens with two attached hydrogens (primary N) is 1. The van der Waals surface area contributed by atoms with E-state index in [1.807, 2.05) is 0 Å². The van der Waals surface area contributed by atoms with Gasteiger partial charge in [0.05, 0.1) is 27.7 Å². The Morgan fingerprint density at radius 1 is 1.22 bits per heavy atom. The van der Waals surface area contributed by atoms with Gasteiger partial charge in [0.2, 0.25) is 0 Å². The van der Waals surface area contributed by atoms with Crippen LogP contribution in [0.1, 0.15) is 0 Å². The molecule has 0 saturated carbocycles. The standard InChI is InChI=1S/C5H15N2.HI.H3N/c1-7(2,3)5-4-6;;/h4-6H2,1-3H3;1H;1H3/q+1;;. The summed E-state index contributed by atoms with van der Waals surface area (Å²) in [5.74, 6) is 0. The summed E-state index contributed by atoms with van der Waals surface area (Å²) >= 11 is 0. The molecule has 9 heavy (non-hydrogen) atoms. The third-order valence-electron chi connectivity index (χ3n) is 0.800. The maximum atomic E-state index is 5.30. The Kier molecular flexibility index (Phi) is 12.2. The molecule has 3 nitrogen and oxygen atoms in total. The minimum absolute atomic E-state index is 0. The van der Waals surface area contributed by atoms with E-state index in [9.17, 15) is 0 Å². The van der Waals surface area contributed by atoms with Gasteiger partial charge in [-0.2, -0.15) is 0 Å². The van der Waals surface area contributed by atoms with Gasteiger partial charge in [-0.15, -0.1) is 24.0 Å². The molecule has 60 valence electrons. The quantitative estimate of drug-likeness (QED) is 0.550. The summed E-state index contributed by atoms with van der Waals surface area (Å²) in [6, 6.07) is 0. The molecule has 0 spiro atoms. The molecule has 0 rings (SSSR count). The summed E-state index contributed by atoms with van der Waals surface area (Å²) in [6.45, 7) is 1.84. The van der Waals surface area contributed by atoms with Crippen LogP contribution in [-0.2, 0) is 0 Å². The number of hydrogen-bond donors (Lipinski definition) is 2. The van der Waals surface area contributed by atoms with Crippen molar-refractivity contribution in [1.29, 1.82) is 0 Å². The number of nitrogens with zero attached hydrogens (tertiary/aromatic N) is 1. The highest BCUT2D eigenvalue weighted by atomic mass is 127. The Morgan fingerprint density at radius 2 is 1.56 bits per heavy atom. The fourth-order valence-corrected chi connectivity index (χ4v) is 0.387. The Bertz CT molecular complexity index is 50.7. The lowest BCUT2D eigenvalue weighted by Crippen LogP contribution is -2.38. The maximum Gasteiger partial charge on any atom is 0.0905 e. The van der Waals surface area contributed by atoms with Crippen molar-refractivity contribution < 1.29 is 4.48 Å². The molecule has 0 saturated heterocycles. The van der Waals surface area contributed by atoms with E-state index in [0.717, 1.165) is 17.6 Å². The van der Waals surface area contributed by atoms with Crippen LogP contribution in [0.5, 0.6) is 0 Å². The molecule has 0 aliphatic heterocycles. The monoisotopic (exact) mass is 248 g/mol. The summed E-state index contributed by atoms with van der Waals surface area (Å²) in [7, 11) is 6.40. The largest absolute Gasteiger partial charge is 0.344 e. The van der Waals surface area contributed by atoms with Gasteiger partial charge in [0.25, 0.3) is 0 Å². The van der Waals surface area contributed by atoms with Crippen LogP contribution in [0, 0.1) is 0 Å². The third-order valence-corrected chi connectivity index (χ3v) is 0.800. The van der Waals surface area contributed by atoms with Crippen molar-refractivity contribution in [3.63, 3.8) is 0 Å². The van der Waals surface area contributed by atoms with Gasteiger partial charge in [-0.05, 0) is 0 Å². The molecule has 0 unspecified atom stereocenters. The zero-order chi connectivity index (χ0) is 5.91. The number of hydrogen-bond acceptors (Lipinski definition) is 2. The van der Waals surface area contributed by atoms with Gasteiger partial charge in [-0.3, -0.25) is 0 Å². The number of likely N-dealkylation sites (N-methyl/N-ethyl adjacent to an activating group) is 1. The van der Waals surface area contributed by atoms with Crippen LogP contribution in [0.3, 0.4) is 0 Å². The van der Waals surface area contributed by atoms with Crippen molar-refractivity contribution in [2.24, 2.45) is 5.73 Å². The van der Waals surface area contributed by atoms with E-state index in [4.69, 9.17) is 5.73 Å². The average Bonchev–Trinajstić information content (AvgIpc) is 1.30. The lowest BCUT2D eigenvalue weighted by molar-refractivity contribution is -0.868. The van der Waals surface area contributed by atoms with E-state index in [2.05, 4.69) is 21.1 Å². The molecule has 0 bridgehead atoms. The highest BCUT2D eigenvalue weighted by Gasteiger charge is 2.01. The van der Waals surface area contributed by atoms with Crippen molar-refractivity contribution in [3.8, 4) is 0 Å². The van der Waals surface area contributed by atoms with Crippen LogP contribution in [0.2, 0.25) is 0 Å². The summed E-state index contributed by atoms with van der Waals surface area (Å²) in [5.41, 5.74) is 5.30. The molecule has 0 aromatic heterocycles. The highest BCUT2D eigenvalue weighted by molar-refractivity contribution is 14.0. The third kappa shape index (κ3) is 17.7. The molecular formula is C5H19IN3+. The topological polar surface area (TPSA) is 61.0 Å². The zero-order valence-corrected chi connectivity index (χ0v) is 8.88. The molecule has 4 heteroatoms. The van der Waals surface area contributed by atoms with Gasteiger partial charge in [-0.25, -0.2) is 0 Å². The molecule has 0 aliphatic rings. The van der Waals surface area contributed by atoms with E-state index in [0.29, 0.717) is 0 Å². The fraction of sp³-hybridized carbons (Fsp3) is 1.00. The molecule has 5 N–H and O–H groups in total. The molecule has 0 atom stereocenters. The van der Waals surface area contributed by atoms with E-state index >= 15 is 0 Å². The number of quaternary nitrogens is 1. The van der Waals surface area contributed by atoms with Crippen molar-refractivity contribution in [2.75, 3.05) is 34.2 Å². The van der Waals surface area contributed by atoms with Gasteiger partial charge >= 0.3 is 0 Å². The molecule has 0 aromatic rings. The van der Waals surface area contributed by atoms with Crippen LogP contribution in [0.15, 0.2) is 0 Å². The Labute approximate surface area is 74.8 Å². The first-order chi connectivity index (χ1) is 3.06. The second-order valence-electron chi connectivity index (χ2n) is 2.80. The summed E-state index contributed by atoms with van der Waals surface area (Å²) in [6.07, 6.45) is 0. The molecular weight excluding hydrogens is 229 g/mol. The molecule has 0 aliphatic carbocycles. The molecule has 0 aromatic carbocycles. The minimum atomic E-state index is 0. The lowest BCUT2D eigenvalue weighted by Gasteiger charge is -2.22. The summed E-state index contributed by atoms with van der Waals surface area (Å²) in [4.78, 5) is 0. The molecule has 0 fully saturated rings. The van der Waals surface area contributed by atoms with Crippen LogP contribution in [-0.4, -0.2) is 38.7 Å². The number of halogens is 1. The Morgan fingerprint density at radius 3 is 1.56 bits per heavy atom. The van der Waals surface area contributed by atoms with Crippen LogP contribution < -0.4 is 11.9 Å². The Hall–Kier alpha value is 0.610. The minimum Gasteiger partial charge on any atom is -0.344 e. The van der Waals surface area contributed by atoms with Crippen molar-refractivity contribution in [2.45, 2.75) is 0 Å². The van der Waals surface area contributed by atoms with Crippen molar-refractivity contribution in [1.82, 2.24) is 6.15 Å². The average molecular weight is 248 g/mol. The van der Waals surface area contributed by atoms with E-state index in [1.54, 1.807) is 0 Å². The first-order valence-corrected chi connectivity index (χ1v) is 2.57. The molecule has 0 radical (unpaired) electrons. The molecule has 0 amide bonds. The first kappa shape index (κ1) is 16.3. The van der Waals surface area contributed by atoms with Crippen molar-refractivity contribution in [3.05, 3.63) is 0 Å². The fourth-order valence-electron chi connectivity index (χ4n) is 0.387.